The van der Waals surface area contributed by atoms with E-state index >= 15 is 0 Å². The Bertz CT molecular complexity index is 528. The van der Waals surface area contributed by atoms with Crippen LogP contribution in [0, 0.1) is 0 Å². The number of carbonyl (C=O) groups is 3. The topological polar surface area (TPSA) is 83.9 Å². The number of ether oxygens (including phenoxy) is 1. The Morgan fingerprint density at radius 2 is 1.95 bits per heavy atom. The molecule has 1 aliphatic heterocycles. The normalized spacial score (nSPS) is 21.6. The molecule has 106 valence electrons. The first-order valence-electron chi connectivity index (χ1n) is 6.24. The molecule has 6 heteroatoms. The minimum Gasteiger partial charge on any atom is -0.465 e. The van der Waals surface area contributed by atoms with Crippen LogP contribution in [0.25, 0.3) is 0 Å². The van der Waals surface area contributed by atoms with Gasteiger partial charge in [-0.25, -0.2) is 9.59 Å². The highest BCUT2D eigenvalue weighted by atomic mass is 16.6. The second kappa shape index (κ2) is 5.73. The molecular formula is C14H15NO5. The molecule has 6 nitrogen and oxygen atoms in total. The van der Waals surface area contributed by atoms with E-state index in [4.69, 9.17) is 4.74 Å². The number of amides is 1. The summed E-state index contributed by atoms with van der Waals surface area (Å²) in [4.78, 5) is 35.1. The highest BCUT2D eigenvalue weighted by Gasteiger charge is 2.45. The number of hydrogen-bond acceptors (Lipinski definition) is 4. The lowest BCUT2D eigenvalue weighted by Crippen LogP contribution is -2.43. The summed E-state index contributed by atoms with van der Waals surface area (Å²) >= 11 is 0. The quantitative estimate of drug-likeness (QED) is 0.842. The zero-order valence-corrected chi connectivity index (χ0v) is 11.0. The number of benzene rings is 1. The molecule has 1 N–H and O–H groups in total. The summed E-state index contributed by atoms with van der Waals surface area (Å²) in [6.45, 7) is 1.32. The number of nitrogens with zero attached hydrogens (tertiary/aromatic N) is 1. The SMILES string of the molecule is CC(=O)CC1C(=O)O[C@@H](Cc2ccccc2)N1C(=O)O. The Kier molecular flexibility index (Phi) is 4.02. The third kappa shape index (κ3) is 2.96. The van der Waals surface area contributed by atoms with Crippen LogP contribution >= 0.6 is 0 Å². The van der Waals surface area contributed by atoms with Crippen molar-refractivity contribution in [2.75, 3.05) is 0 Å². The van der Waals surface area contributed by atoms with Crippen LogP contribution in [0.15, 0.2) is 30.3 Å². The Balaban J connectivity index is 2.18. The lowest BCUT2D eigenvalue weighted by molar-refractivity contribution is -0.143. The van der Waals surface area contributed by atoms with E-state index in [9.17, 15) is 19.5 Å². The first-order valence-corrected chi connectivity index (χ1v) is 6.24. The second-order valence-corrected chi connectivity index (χ2v) is 4.69. The van der Waals surface area contributed by atoms with Gasteiger partial charge in [0, 0.05) is 12.8 Å². The van der Waals surface area contributed by atoms with Gasteiger partial charge in [0.1, 0.15) is 11.8 Å². The van der Waals surface area contributed by atoms with Crippen LogP contribution in [0.4, 0.5) is 4.79 Å². The van der Waals surface area contributed by atoms with Crippen molar-refractivity contribution in [2.45, 2.75) is 32.0 Å². The van der Waals surface area contributed by atoms with Gasteiger partial charge in [0.25, 0.3) is 0 Å². The van der Waals surface area contributed by atoms with Crippen LogP contribution in [0.2, 0.25) is 0 Å². The molecule has 0 radical (unpaired) electrons. The summed E-state index contributed by atoms with van der Waals surface area (Å²) in [6, 6.07) is 8.10. The predicted molar refractivity (Wildman–Crippen MR) is 69.0 cm³/mol. The number of carboxylic acid groups (broad SMARTS) is 1. The molecule has 1 heterocycles. The van der Waals surface area contributed by atoms with Crippen molar-refractivity contribution in [3.63, 3.8) is 0 Å². The van der Waals surface area contributed by atoms with Gasteiger partial charge in [-0.15, -0.1) is 0 Å². The molecule has 1 fully saturated rings. The number of carbonyl (C=O) groups excluding carboxylic acids is 2. The van der Waals surface area contributed by atoms with Crippen LogP contribution < -0.4 is 0 Å². The number of Topliss-reactive ketones (excluding diaryl/α,β-unsaturated/α-hetero) is 1. The van der Waals surface area contributed by atoms with Crippen molar-refractivity contribution in [2.24, 2.45) is 0 Å². The molecule has 0 aromatic heterocycles. The third-order valence-electron chi connectivity index (χ3n) is 3.13. The summed E-state index contributed by atoms with van der Waals surface area (Å²) in [7, 11) is 0. The maximum absolute atomic E-state index is 11.7. The van der Waals surface area contributed by atoms with E-state index in [1.165, 1.54) is 6.92 Å². The van der Waals surface area contributed by atoms with Gasteiger partial charge in [-0.3, -0.25) is 9.69 Å². The fraction of sp³-hybridized carbons (Fsp3) is 0.357. The first-order chi connectivity index (χ1) is 9.49. The van der Waals surface area contributed by atoms with Crippen LogP contribution in [0.3, 0.4) is 0 Å². The highest BCUT2D eigenvalue weighted by Crippen LogP contribution is 2.24. The van der Waals surface area contributed by atoms with E-state index in [2.05, 4.69) is 0 Å². The zero-order valence-electron chi connectivity index (χ0n) is 11.0. The molecule has 2 atom stereocenters. The van der Waals surface area contributed by atoms with E-state index in [-0.39, 0.29) is 18.6 Å². The molecular weight excluding hydrogens is 262 g/mol. The van der Waals surface area contributed by atoms with Gasteiger partial charge < -0.3 is 9.84 Å². The monoisotopic (exact) mass is 277 g/mol. The van der Waals surface area contributed by atoms with Gasteiger partial charge >= 0.3 is 12.1 Å². The highest BCUT2D eigenvalue weighted by molar-refractivity contribution is 5.89. The van der Waals surface area contributed by atoms with Crippen LogP contribution in [-0.4, -0.2) is 40.1 Å². The van der Waals surface area contributed by atoms with E-state index < -0.39 is 24.3 Å². The molecule has 1 aromatic carbocycles. The molecule has 1 saturated heterocycles. The molecule has 1 aromatic rings. The molecule has 0 aliphatic carbocycles. The van der Waals surface area contributed by atoms with Crippen molar-refractivity contribution in [1.82, 2.24) is 4.90 Å². The smallest absolute Gasteiger partial charge is 0.410 e. The minimum atomic E-state index is -1.26. The van der Waals surface area contributed by atoms with Crippen LogP contribution in [-0.2, 0) is 20.7 Å². The molecule has 0 bridgehead atoms. The first kappa shape index (κ1) is 14.0. The van der Waals surface area contributed by atoms with Crippen molar-refractivity contribution < 1.29 is 24.2 Å². The molecule has 2 rings (SSSR count). The maximum Gasteiger partial charge on any atom is 0.410 e. The number of hydrogen-bond donors (Lipinski definition) is 1. The number of cyclic esters (lactones) is 1. The Hall–Kier alpha value is -2.37. The lowest BCUT2D eigenvalue weighted by atomic mass is 10.1. The second-order valence-electron chi connectivity index (χ2n) is 4.69. The largest absolute Gasteiger partial charge is 0.465 e. The summed E-state index contributed by atoms with van der Waals surface area (Å²) in [5.74, 6) is -0.915. The van der Waals surface area contributed by atoms with E-state index in [0.717, 1.165) is 10.5 Å². The van der Waals surface area contributed by atoms with Crippen molar-refractivity contribution in [3.8, 4) is 0 Å². The van der Waals surface area contributed by atoms with Gasteiger partial charge in [-0.1, -0.05) is 30.3 Å². The summed E-state index contributed by atoms with van der Waals surface area (Å²) in [5, 5.41) is 9.25. The summed E-state index contributed by atoms with van der Waals surface area (Å²) in [5.41, 5.74) is 0.861. The summed E-state index contributed by atoms with van der Waals surface area (Å²) < 4.78 is 5.11. The van der Waals surface area contributed by atoms with Gasteiger partial charge in [-0.2, -0.15) is 0 Å². The molecule has 0 spiro atoms. The predicted octanol–water partition coefficient (Wildman–Crippen LogP) is 1.44. The van der Waals surface area contributed by atoms with E-state index in [1.807, 2.05) is 30.3 Å². The fourth-order valence-electron chi connectivity index (χ4n) is 2.25. The van der Waals surface area contributed by atoms with Crippen molar-refractivity contribution in [3.05, 3.63) is 35.9 Å². The van der Waals surface area contributed by atoms with Gasteiger partial charge in [0.2, 0.25) is 0 Å². The van der Waals surface area contributed by atoms with Crippen LogP contribution in [0.5, 0.6) is 0 Å². The number of esters is 1. The Morgan fingerprint density at radius 3 is 2.50 bits per heavy atom. The molecule has 1 amide bonds. The third-order valence-corrected chi connectivity index (χ3v) is 3.13. The van der Waals surface area contributed by atoms with Gasteiger partial charge in [0.15, 0.2) is 6.23 Å². The maximum atomic E-state index is 11.7. The van der Waals surface area contributed by atoms with Crippen molar-refractivity contribution in [1.29, 1.82) is 0 Å². The number of rotatable bonds is 4. The average Bonchev–Trinajstić information content (AvgIpc) is 2.66. The van der Waals surface area contributed by atoms with E-state index in [0.29, 0.717) is 0 Å². The Morgan fingerprint density at radius 1 is 1.30 bits per heavy atom. The Labute approximate surface area is 115 Å². The lowest BCUT2D eigenvalue weighted by Gasteiger charge is -2.22. The standard InChI is InChI=1S/C14H15NO5/c1-9(16)7-11-13(17)20-12(15(11)14(18)19)8-10-5-3-2-4-6-10/h2-6,11-12H,7-8H2,1H3,(H,18,19)/t11?,12-/m0/s1. The van der Waals surface area contributed by atoms with E-state index in [1.54, 1.807) is 0 Å². The average molecular weight is 277 g/mol. The van der Waals surface area contributed by atoms with Gasteiger partial charge in [-0.05, 0) is 12.5 Å². The molecule has 0 saturated carbocycles. The zero-order chi connectivity index (χ0) is 14.7. The summed E-state index contributed by atoms with van der Waals surface area (Å²) in [6.07, 6.45) is -2.03. The minimum absolute atomic E-state index is 0.156. The van der Waals surface area contributed by atoms with Gasteiger partial charge in [0.05, 0.1) is 0 Å². The van der Waals surface area contributed by atoms with Crippen LogP contribution in [0.1, 0.15) is 18.9 Å². The molecule has 1 aliphatic rings. The molecule has 20 heavy (non-hydrogen) atoms. The molecule has 1 unspecified atom stereocenters. The fourth-order valence-corrected chi connectivity index (χ4v) is 2.25. The number of ketones is 1. The van der Waals surface area contributed by atoms with Crippen molar-refractivity contribution >= 4 is 17.8 Å².